The van der Waals surface area contributed by atoms with Crippen LogP contribution in [0.2, 0.25) is 10.0 Å². The van der Waals surface area contributed by atoms with E-state index in [4.69, 9.17) is 23.2 Å². The second-order valence-electron chi connectivity index (χ2n) is 5.52. The molecule has 2 N–H and O–H groups in total. The minimum Gasteiger partial charge on any atom is -0.356 e. The van der Waals surface area contributed by atoms with Crippen LogP contribution in [0.4, 0.5) is 0 Å². The SMILES string of the molecule is CC(C)CCNC(=O)CCNCCc1ccc(Cl)cc1Cl. The zero-order chi connectivity index (χ0) is 15.7. The molecule has 0 saturated heterocycles. The monoisotopic (exact) mass is 330 g/mol. The van der Waals surface area contributed by atoms with Crippen molar-refractivity contribution in [3.05, 3.63) is 33.8 Å². The van der Waals surface area contributed by atoms with E-state index < -0.39 is 0 Å². The van der Waals surface area contributed by atoms with Gasteiger partial charge in [-0.3, -0.25) is 4.79 Å². The molecule has 0 heterocycles. The van der Waals surface area contributed by atoms with Gasteiger partial charge in [0.2, 0.25) is 5.91 Å². The topological polar surface area (TPSA) is 41.1 Å². The first-order valence-electron chi connectivity index (χ1n) is 7.40. The molecule has 0 spiro atoms. The lowest BCUT2D eigenvalue weighted by molar-refractivity contribution is -0.121. The lowest BCUT2D eigenvalue weighted by Crippen LogP contribution is -2.29. The second kappa shape index (κ2) is 10.0. The fourth-order valence-electron chi connectivity index (χ4n) is 1.86. The summed E-state index contributed by atoms with van der Waals surface area (Å²) in [6.45, 7) is 6.53. The number of carbonyl (C=O) groups excluding carboxylic acids is 1. The van der Waals surface area contributed by atoms with Crippen molar-refractivity contribution >= 4 is 29.1 Å². The number of amides is 1. The van der Waals surface area contributed by atoms with Gasteiger partial charge in [-0.15, -0.1) is 0 Å². The van der Waals surface area contributed by atoms with E-state index in [1.165, 1.54) is 0 Å². The Kier molecular flexibility index (Phi) is 8.74. The maximum Gasteiger partial charge on any atom is 0.221 e. The van der Waals surface area contributed by atoms with Gasteiger partial charge in [0.25, 0.3) is 0 Å². The lowest BCUT2D eigenvalue weighted by atomic mass is 10.1. The van der Waals surface area contributed by atoms with Crippen LogP contribution in [0.5, 0.6) is 0 Å². The van der Waals surface area contributed by atoms with Crippen LogP contribution in [0.25, 0.3) is 0 Å². The third kappa shape index (κ3) is 8.30. The first kappa shape index (κ1) is 18.3. The zero-order valence-corrected chi connectivity index (χ0v) is 14.2. The highest BCUT2D eigenvalue weighted by molar-refractivity contribution is 6.35. The highest BCUT2D eigenvalue weighted by Gasteiger charge is 2.03. The zero-order valence-electron chi connectivity index (χ0n) is 12.7. The van der Waals surface area contributed by atoms with Crippen LogP contribution >= 0.6 is 23.2 Å². The third-order valence-electron chi connectivity index (χ3n) is 3.16. The summed E-state index contributed by atoms with van der Waals surface area (Å²) < 4.78 is 0. The van der Waals surface area contributed by atoms with Gasteiger partial charge < -0.3 is 10.6 Å². The van der Waals surface area contributed by atoms with Crippen molar-refractivity contribution in [3.8, 4) is 0 Å². The van der Waals surface area contributed by atoms with Crippen molar-refractivity contribution in [2.45, 2.75) is 33.1 Å². The summed E-state index contributed by atoms with van der Waals surface area (Å²) in [7, 11) is 0. The largest absolute Gasteiger partial charge is 0.356 e. The van der Waals surface area contributed by atoms with Gasteiger partial charge >= 0.3 is 0 Å². The number of hydrogen-bond acceptors (Lipinski definition) is 2. The molecule has 0 aliphatic carbocycles. The van der Waals surface area contributed by atoms with Gasteiger partial charge in [0.15, 0.2) is 0 Å². The smallest absolute Gasteiger partial charge is 0.221 e. The molecule has 0 aliphatic heterocycles. The van der Waals surface area contributed by atoms with Gasteiger partial charge in [0, 0.05) is 29.6 Å². The summed E-state index contributed by atoms with van der Waals surface area (Å²) in [4.78, 5) is 11.6. The van der Waals surface area contributed by atoms with Gasteiger partial charge in [-0.05, 0) is 43.0 Å². The van der Waals surface area contributed by atoms with Gasteiger partial charge in [-0.2, -0.15) is 0 Å². The number of benzene rings is 1. The molecule has 0 saturated carbocycles. The molecular weight excluding hydrogens is 307 g/mol. The van der Waals surface area contributed by atoms with Crippen LogP contribution in [0.15, 0.2) is 18.2 Å². The molecule has 0 fully saturated rings. The van der Waals surface area contributed by atoms with Gasteiger partial charge in [0.05, 0.1) is 0 Å². The average molecular weight is 331 g/mol. The van der Waals surface area contributed by atoms with Crippen molar-refractivity contribution in [2.75, 3.05) is 19.6 Å². The Morgan fingerprint density at radius 2 is 1.95 bits per heavy atom. The molecule has 0 atom stereocenters. The second-order valence-corrected chi connectivity index (χ2v) is 6.36. The number of carbonyl (C=O) groups is 1. The molecule has 3 nitrogen and oxygen atoms in total. The van der Waals surface area contributed by atoms with Crippen LogP contribution in [0.3, 0.4) is 0 Å². The summed E-state index contributed by atoms with van der Waals surface area (Å²) in [6, 6.07) is 5.52. The van der Waals surface area contributed by atoms with Crippen molar-refractivity contribution in [1.82, 2.24) is 10.6 Å². The van der Waals surface area contributed by atoms with E-state index in [0.717, 1.165) is 31.5 Å². The van der Waals surface area contributed by atoms with Crippen LogP contribution in [0, 0.1) is 5.92 Å². The highest BCUT2D eigenvalue weighted by Crippen LogP contribution is 2.20. The Bertz CT molecular complexity index is 450. The van der Waals surface area contributed by atoms with E-state index in [9.17, 15) is 4.79 Å². The molecule has 1 rings (SSSR count). The standard InChI is InChI=1S/C16H24Cl2N2O/c1-12(2)5-10-20-16(21)7-9-19-8-6-13-3-4-14(17)11-15(13)18/h3-4,11-12,19H,5-10H2,1-2H3,(H,20,21). The van der Waals surface area contributed by atoms with E-state index in [0.29, 0.717) is 28.9 Å². The molecule has 0 aromatic heterocycles. The molecule has 0 aliphatic rings. The van der Waals surface area contributed by atoms with Crippen LogP contribution in [-0.4, -0.2) is 25.5 Å². The van der Waals surface area contributed by atoms with Gasteiger partial charge in [0.1, 0.15) is 0 Å². The predicted octanol–water partition coefficient (Wildman–Crippen LogP) is 3.68. The number of nitrogens with one attached hydrogen (secondary N) is 2. The molecule has 21 heavy (non-hydrogen) atoms. The molecule has 0 unspecified atom stereocenters. The third-order valence-corrected chi connectivity index (χ3v) is 3.75. The summed E-state index contributed by atoms with van der Waals surface area (Å²) in [5.74, 6) is 0.722. The Balaban J connectivity index is 2.10. The summed E-state index contributed by atoms with van der Waals surface area (Å²) in [5.41, 5.74) is 1.06. The number of hydrogen-bond donors (Lipinski definition) is 2. The first-order valence-corrected chi connectivity index (χ1v) is 8.16. The van der Waals surface area contributed by atoms with E-state index in [2.05, 4.69) is 24.5 Å². The Morgan fingerprint density at radius 3 is 2.62 bits per heavy atom. The minimum atomic E-state index is 0.104. The maximum atomic E-state index is 11.6. The van der Waals surface area contributed by atoms with Crippen molar-refractivity contribution in [2.24, 2.45) is 5.92 Å². The number of rotatable bonds is 9. The Hall–Kier alpha value is -0.770. The maximum absolute atomic E-state index is 11.6. The van der Waals surface area contributed by atoms with Gasteiger partial charge in [-0.25, -0.2) is 0 Å². The fourth-order valence-corrected chi connectivity index (χ4v) is 2.37. The van der Waals surface area contributed by atoms with Gasteiger partial charge in [-0.1, -0.05) is 43.1 Å². The summed E-state index contributed by atoms with van der Waals surface area (Å²) >= 11 is 12.0. The summed E-state index contributed by atoms with van der Waals surface area (Å²) in [5, 5.41) is 7.52. The molecule has 1 aromatic carbocycles. The molecular formula is C16H24Cl2N2O. The van der Waals surface area contributed by atoms with Crippen molar-refractivity contribution in [1.29, 1.82) is 0 Å². The Labute approximate surface area is 137 Å². The van der Waals surface area contributed by atoms with E-state index in [-0.39, 0.29) is 5.91 Å². The minimum absolute atomic E-state index is 0.104. The normalized spacial score (nSPS) is 10.9. The average Bonchev–Trinajstić information content (AvgIpc) is 2.40. The van der Waals surface area contributed by atoms with Crippen molar-refractivity contribution in [3.63, 3.8) is 0 Å². The molecule has 1 amide bonds. The molecule has 1 aromatic rings. The van der Waals surface area contributed by atoms with Crippen LogP contribution in [0.1, 0.15) is 32.3 Å². The lowest BCUT2D eigenvalue weighted by Gasteiger charge is -2.08. The molecule has 118 valence electrons. The first-order chi connectivity index (χ1) is 9.99. The van der Waals surface area contributed by atoms with Crippen molar-refractivity contribution < 1.29 is 4.79 Å². The Morgan fingerprint density at radius 1 is 1.19 bits per heavy atom. The van der Waals surface area contributed by atoms with E-state index >= 15 is 0 Å². The molecule has 0 bridgehead atoms. The van der Waals surface area contributed by atoms with E-state index in [1.807, 2.05) is 12.1 Å². The molecule has 5 heteroatoms. The fraction of sp³-hybridized carbons (Fsp3) is 0.562. The summed E-state index contributed by atoms with van der Waals surface area (Å²) in [6.07, 6.45) is 2.35. The van der Waals surface area contributed by atoms with Crippen LogP contribution in [-0.2, 0) is 11.2 Å². The van der Waals surface area contributed by atoms with E-state index in [1.54, 1.807) is 6.07 Å². The van der Waals surface area contributed by atoms with Crippen LogP contribution < -0.4 is 10.6 Å². The predicted molar refractivity (Wildman–Crippen MR) is 90.1 cm³/mol. The number of halogens is 2. The highest BCUT2D eigenvalue weighted by atomic mass is 35.5. The quantitative estimate of drug-likeness (QED) is 0.678. The molecule has 0 radical (unpaired) electrons.